The van der Waals surface area contributed by atoms with Gasteiger partial charge in [0.1, 0.15) is 0 Å². The van der Waals surface area contributed by atoms with Gasteiger partial charge < -0.3 is 14.6 Å². The third kappa shape index (κ3) is 4.90. The van der Waals surface area contributed by atoms with Crippen LogP contribution in [0.25, 0.3) is 0 Å². The molecule has 0 saturated heterocycles. The van der Waals surface area contributed by atoms with Gasteiger partial charge in [-0.05, 0) is 36.6 Å². The molecule has 0 unspecified atom stereocenters. The third-order valence-corrected chi connectivity index (χ3v) is 4.34. The fourth-order valence-electron chi connectivity index (χ4n) is 2.85. The van der Waals surface area contributed by atoms with Crippen LogP contribution in [0.5, 0.6) is 0 Å². The monoisotopic (exact) mass is 380 g/mol. The maximum atomic E-state index is 13.2. The lowest BCUT2D eigenvalue weighted by Crippen LogP contribution is -2.36. The highest BCUT2D eigenvalue weighted by Crippen LogP contribution is 2.35. The van der Waals surface area contributed by atoms with E-state index in [-0.39, 0.29) is 42.8 Å². The van der Waals surface area contributed by atoms with Crippen LogP contribution in [-0.2, 0) is 17.5 Å². The molecule has 144 valence electrons. The van der Waals surface area contributed by atoms with E-state index >= 15 is 0 Å². The second kappa shape index (κ2) is 7.85. The van der Waals surface area contributed by atoms with Gasteiger partial charge in [-0.2, -0.15) is 13.2 Å². The van der Waals surface area contributed by atoms with Gasteiger partial charge in [0.05, 0.1) is 11.8 Å². The number of carbonyl (C=O) groups excluding carboxylic acids is 2. The molecule has 1 heterocycles. The van der Waals surface area contributed by atoms with Crippen LogP contribution in [-0.4, -0.2) is 29.3 Å². The zero-order valence-corrected chi connectivity index (χ0v) is 14.5. The maximum absolute atomic E-state index is 13.2. The van der Waals surface area contributed by atoms with E-state index in [1.165, 1.54) is 35.4 Å². The first-order valence-corrected chi connectivity index (χ1v) is 8.62. The Hall–Kier alpha value is -2.77. The third-order valence-electron chi connectivity index (χ3n) is 4.34. The molecule has 27 heavy (non-hydrogen) atoms. The summed E-state index contributed by atoms with van der Waals surface area (Å²) in [7, 11) is 0. The van der Waals surface area contributed by atoms with Gasteiger partial charge in [0, 0.05) is 25.6 Å². The molecule has 1 aromatic heterocycles. The smallest absolute Gasteiger partial charge is 0.416 e. The lowest BCUT2D eigenvalue weighted by molar-refractivity contribution is -0.140. The Balaban J connectivity index is 1.61. The van der Waals surface area contributed by atoms with Crippen molar-refractivity contribution in [3.8, 4) is 0 Å². The molecular formula is C19H19F3N2O3. The molecular weight excluding hydrogens is 361 g/mol. The predicted octanol–water partition coefficient (Wildman–Crippen LogP) is 3.61. The minimum absolute atomic E-state index is 0.0110. The van der Waals surface area contributed by atoms with Gasteiger partial charge in [-0.3, -0.25) is 9.59 Å². The quantitative estimate of drug-likeness (QED) is 0.798. The van der Waals surface area contributed by atoms with E-state index in [0.717, 1.165) is 18.9 Å². The molecule has 1 fully saturated rings. The van der Waals surface area contributed by atoms with Crippen molar-refractivity contribution >= 4 is 11.8 Å². The summed E-state index contributed by atoms with van der Waals surface area (Å²) in [4.78, 5) is 25.8. The number of amides is 2. The van der Waals surface area contributed by atoms with Gasteiger partial charge in [-0.15, -0.1) is 0 Å². The first kappa shape index (κ1) is 19.0. The first-order valence-electron chi connectivity index (χ1n) is 8.62. The summed E-state index contributed by atoms with van der Waals surface area (Å²) < 4.78 is 44.5. The van der Waals surface area contributed by atoms with Crippen LogP contribution in [0.3, 0.4) is 0 Å². The van der Waals surface area contributed by atoms with E-state index in [1.54, 1.807) is 6.07 Å². The number of nitrogens with zero attached hydrogens (tertiary/aromatic N) is 1. The molecule has 1 saturated carbocycles. The Morgan fingerprint density at radius 1 is 1.15 bits per heavy atom. The lowest BCUT2D eigenvalue weighted by Gasteiger charge is -2.24. The summed E-state index contributed by atoms with van der Waals surface area (Å²) in [6.45, 7) is -0.00613. The fraction of sp³-hybridized carbons (Fsp3) is 0.368. The van der Waals surface area contributed by atoms with E-state index in [4.69, 9.17) is 4.42 Å². The summed E-state index contributed by atoms with van der Waals surface area (Å²) in [5.74, 6) is -0.581. The number of halogens is 3. The summed E-state index contributed by atoms with van der Waals surface area (Å²) in [5.41, 5.74) is -0.653. The van der Waals surface area contributed by atoms with Gasteiger partial charge in [-0.1, -0.05) is 18.2 Å². The maximum Gasteiger partial charge on any atom is 0.416 e. The zero-order valence-electron chi connectivity index (χ0n) is 14.5. The van der Waals surface area contributed by atoms with E-state index in [0.29, 0.717) is 0 Å². The van der Waals surface area contributed by atoms with Crippen molar-refractivity contribution in [2.45, 2.75) is 38.0 Å². The van der Waals surface area contributed by atoms with Crippen LogP contribution in [0.1, 0.15) is 40.9 Å². The molecule has 1 aliphatic carbocycles. The SMILES string of the molecule is O=C(NCCC(=O)N(Cc1ccccc1C(F)(F)F)C1CC1)c1ccco1. The van der Waals surface area contributed by atoms with Crippen molar-refractivity contribution in [1.82, 2.24) is 10.2 Å². The number of alkyl halides is 3. The molecule has 2 aromatic rings. The van der Waals surface area contributed by atoms with Crippen LogP contribution in [0.15, 0.2) is 47.1 Å². The summed E-state index contributed by atoms with van der Waals surface area (Å²) >= 11 is 0. The minimum Gasteiger partial charge on any atom is -0.459 e. The molecule has 0 aliphatic heterocycles. The van der Waals surface area contributed by atoms with E-state index in [9.17, 15) is 22.8 Å². The number of carbonyl (C=O) groups is 2. The van der Waals surface area contributed by atoms with Crippen LogP contribution >= 0.6 is 0 Å². The normalized spacial score (nSPS) is 14.0. The number of furan rings is 1. The Bertz CT molecular complexity index is 799. The molecule has 1 aromatic carbocycles. The van der Waals surface area contributed by atoms with Gasteiger partial charge in [0.15, 0.2) is 5.76 Å². The molecule has 0 radical (unpaired) electrons. The van der Waals surface area contributed by atoms with Crippen LogP contribution in [0.4, 0.5) is 13.2 Å². The van der Waals surface area contributed by atoms with Crippen LogP contribution < -0.4 is 5.32 Å². The second-order valence-corrected chi connectivity index (χ2v) is 6.39. The molecule has 0 bridgehead atoms. The fourth-order valence-corrected chi connectivity index (χ4v) is 2.85. The van der Waals surface area contributed by atoms with Crippen molar-refractivity contribution in [2.24, 2.45) is 0 Å². The van der Waals surface area contributed by atoms with Crippen LogP contribution in [0, 0.1) is 0 Å². The van der Waals surface area contributed by atoms with E-state index in [1.807, 2.05) is 0 Å². The molecule has 5 nitrogen and oxygen atoms in total. The molecule has 0 atom stereocenters. The van der Waals surface area contributed by atoms with E-state index < -0.39 is 17.6 Å². The summed E-state index contributed by atoms with van der Waals surface area (Å²) in [6.07, 6.45) is -1.53. The molecule has 1 N–H and O–H groups in total. The van der Waals surface area contributed by atoms with Gasteiger partial charge in [0.2, 0.25) is 5.91 Å². The highest BCUT2D eigenvalue weighted by molar-refractivity contribution is 5.91. The van der Waals surface area contributed by atoms with Crippen molar-refractivity contribution in [3.05, 3.63) is 59.5 Å². The molecule has 2 amide bonds. The number of rotatable bonds is 7. The van der Waals surface area contributed by atoms with Crippen molar-refractivity contribution in [3.63, 3.8) is 0 Å². The number of hydrogen-bond acceptors (Lipinski definition) is 3. The van der Waals surface area contributed by atoms with E-state index in [2.05, 4.69) is 5.32 Å². The molecule has 3 rings (SSSR count). The van der Waals surface area contributed by atoms with Gasteiger partial charge >= 0.3 is 6.18 Å². The summed E-state index contributed by atoms with van der Waals surface area (Å²) in [6, 6.07) is 8.32. The predicted molar refractivity (Wildman–Crippen MR) is 90.7 cm³/mol. The molecule has 0 spiro atoms. The minimum atomic E-state index is -4.47. The van der Waals surface area contributed by atoms with Crippen molar-refractivity contribution in [1.29, 1.82) is 0 Å². The Kier molecular flexibility index (Phi) is 5.53. The average molecular weight is 380 g/mol. The largest absolute Gasteiger partial charge is 0.459 e. The first-order chi connectivity index (χ1) is 12.9. The zero-order chi connectivity index (χ0) is 19.4. The highest BCUT2D eigenvalue weighted by Gasteiger charge is 2.36. The number of benzene rings is 1. The average Bonchev–Trinajstić information content (AvgIpc) is 3.31. The Morgan fingerprint density at radius 2 is 1.89 bits per heavy atom. The summed E-state index contributed by atoms with van der Waals surface area (Å²) in [5, 5.41) is 2.57. The Labute approximate surface area is 154 Å². The number of nitrogens with one attached hydrogen (secondary N) is 1. The standard InChI is InChI=1S/C19H19F3N2O3/c20-19(21,22)15-5-2-1-4-13(15)12-24(14-7-8-14)17(25)9-10-23-18(26)16-6-3-11-27-16/h1-6,11,14H,7-10,12H2,(H,23,26). The lowest BCUT2D eigenvalue weighted by atomic mass is 10.1. The number of hydrogen-bond donors (Lipinski definition) is 1. The topological polar surface area (TPSA) is 62.6 Å². The molecule has 8 heteroatoms. The van der Waals surface area contributed by atoms with Gasteiger partial charge in [0.25, 0.3) is 5.91 Å². The van der Waals surface area contributed by atoms with Gasteiger partial charge in [-0.25, -0.2) is 0 Å². The van der Waals surface area contributed by atoms with Crippen molar-refractivity contribution in [2.75, 3.05) is 6.54 Å². The second-order valence-electron chi connectivity index (χ2n) is 6.39. The highest BCUT2D eigenvalue weighted by atomic mass is 19.4. The Morgan fingerprint density at radius 3 is 2.52 bits per heavy atom. The molecule has 1 aliphatic rings. The van der Waals surface area contributed by atoms with Crippen LogP contribution in [0.2, 0.25) is 0 Å². The van der Waals surface area contributed by atoms with Crippen molar-refractivity contribution < 1.29 is 27.2 Å².